The van der Waals surface area contributed by atoms with Gasteiger partial charge < -0.3 is 4.74 Å². The second kappa shape index (κ2) is 5.87. The standard InChI is InChI=1S/C13H11N3O4/c1-2-20-13(17)11-7-14-8-15-12(11)9-4-3-5-10(6-9)16(18)19/h3-8H,2H2,1H3. The van der Waals surface area contributed by atoms with E-state index in [1.807, 2.05) is 0 Å². The Kier molecular flexibility index (Phi) is 3.99. The summed E-state index contributed by atoms with van der Waals surface area (Å²) in [6.45, 7) is 1.91. The first-order chi connectivity index (χ1) is 9.63. The zero-order valence-corrected chi connectivity index (χ0v) is 10.6. The van der Waals surface area contributed by atoms with Gasteiger partial charge in [0.2, 0.25) is 0 Å². The topological polar surface area (TPSA) is 95.2 Å². The number of carbonyl (C=O) groups excluding carboxylic acids is 1. The lowest BCUT2D eigenvalue weighted by Gasteiger charge is -2.07. The molecule has 0 amide bonds. The van der Waals surface area contributed by atoms with E-state index in [0.717, 1.165) is 0 Å². The molecule has 102 valence electrons. The molecule has 2 rings (SSSR count). The third-order valence-corrected chi connectivity index (χ3v) is 2.54. The van der Waals surface area contributed by atoms with Crippen LogP contribution in [0.25, 0.3) is 11.3 Å². The average Bonchev–Trinajstić information content (AvgIpc) is 2.47. The minimum absolute atomic E-state index is 0.0732. The van der Waals surface area contributed by atoms with Gasteiger partial charge in [0.1, 0.15) is 11.9 Å². The molecule has 0 N–H and O–H groups in total. The van der Waals surface area contributed by atoms with Gasteiger partial charge in [0, 0.05) is 23.9 Å². The Morgan fingerprint density at radius 1 is 1.45 bits per heavy atom. The normalized spacial score (nSPS) is 10.1. The monoisotopic (exact) mass is 273 g/mol. The zero-order chi connectivity index (χ0) is 14.5. The fraction of sp³-hybridized carbons (Fsp3) is 0.154. The summed E-state index contributed by atoms with van der Waals surface area (Å²) in [7, 11) is 0. The van der Waals surface area contributed by atoms with Crippen molar-refractivity contribution in [2.45, 2.75) is 6.92 Å². The molecule has 0 radical (unpaired) electrons. The molecule has 1 aromatic carbocycles. The molecular weight excluding hydrogens is 262 g/mol. The number of carbonyl (C=O) groups is 1. The number of nitrogens with zero attached hydrogens (tertiary/aromatic N) is 3. The number of hydrogen-bond donors (Lipinski definition) is 0. The van der Waals surface area contributed by atoms with Crippen LogP contribution in [-0.2, 0) is 4.74 Å². The Labute approximate surface area is 114 Å². The molecule has 0 fully saturated rings. The lowest BCUT2D eigenvalue weighted by molar-refractivity contribution is -0.384. The van der Waals surface area contributed by atoms with Crippen LogP contribution < -0.4 is 0 Å². The lowest BCUT2D eigenvalue weighted by Crippen LogP contribution is -2.08. The van der Waals surface area contributed by atoms with Crippen LogP contribution in [0.4, 0.5) is 5.69 Å². The Bertz CT molecular complexity index is 658. The molecule has 7 heteroatoms. The van der Waals surface area contributed by atoms with E-state index in [9.17, 15) is 14.9 Å². The number of hydrogen-bond acceptors (Lipinski definition) is 6. The summed E-state index contributed by atoms with van der Waals surface area (Å²) in [5.74, 6) is -0.561. The molecule has 0 spiro atoms. The molecular formula is C13H11N3O4. The first kappa shape index (κ1) is 13.6. The number of benzene rings is 1. The van der Waals surface area contributed by atoms with Crippen molar-refractivity contribution in [3.05, 3.63) is 52.5 Å². The van der Waals surface area contributed by atoms with Crippen molar-refractivity contribution < 1.29 is 14.5 Å². The second-order valence-electron chi connectivity index (χ2n) is 3.81. The SMILES string of the molecule is CCOC(=O)c1cncnc1-c1cccc([N+](=O)[O-])c1. The van der Waals surface area contributed by atoms with E-state index in [1.165, 1.54) is 30.7 Å². The molecule has 1 heterocycles. The van der Waals surface area contributed by atoms with Gasteiger partial charge in [-0.1, -0.05) is 12.1 Å². The molecule has 2 aromatic rings. The number of non-ortho nitro benzene ring substituents is 1. The molecule has 0 saturated carbocycles. The predicted octanol–water partition coefficient (Wildman–Crippen LogP) is 2.23. The van der Waals surface area contributed by atoms with Crippen molar-refractivity contribution in [3.8, 4) is 11.3 Å². The van der Waals surface area contributed by atoms with Gasteiger partial charge in [-0.2, -0.15) is 0 Å². The van der Waals surface area contributed by atoms with Crippen molar-refractivity contribution in [1.82, 2.24) is 9.97 Å². The number of nitro benzene ring substituents is 1. The van der Waals surface area contributed by atoms with Crippen molar-refractivity contribution in [1.29, 1.82) is 0 Å². The number of esters is 1. The number of ether oxygens (including phenoxy) is 1. The first-order valence-corrected chi connectivity index (χ1v) is 5.85. The van der Waals surface area contributed by atoms with Crippen LogP contribution in [-0.4, -0.2) is 27.5 Å². The highest BCUT2D eigenvalue weighted by atomic mass is 16.6. The summed E-state index contributed by atoms with van der Waals surface area (Å²) in [5.41, 5.74) is 0.873. The third kappa shape index (κ3) is 2.77. The van der Waals surface area contributed by atoms with Gasteiger partial charge in [0.05, 0.1) is 17.2 Å². The van der Waals surface area contributed by atoms with E-state index in [1.54, 1.807) is 13.0 Å². The molecule has 0 atom stereocenters. The first-order valence-electron chi connectivity index (χ1n) is 5.85. The zero-order valence-electron chi connectivity index (χ0n) is 10.6. The van der Waals surface area contributed by atoms with Crippen LogP contribution in [0.15, 0.2) is 36.8 Å². The van der Waals surface area contributed by atoms with Gasteiger partial charge in [-0.25, -0.2) is 14.8 Å². The van der Waals surface area contributed by atoms with Crippen LogP contribution in [0, 0.1) is 10.1 Å². The van der Waals surface area contributed by atoms with Crippen LogP contribution in [0.1, 0.15) is 17.3 Å². The Morgan fingerprint density at radius 2 is 2.25 bits per heavy atom. The maximum absolute atomic E-state index is 11.8. The highest BCUT2D eigenvalue weighted by molar-refractivity contribution is 5.95. The van der Waals surface area contributed by atoms with E-state index in [4.69, 9.17) is 4.74 Å². The fourth-order valence-electron chi connectivity index (χ4n) is 1.68. The minimum atomic E-state index is -0.561. The van der Waals surface area contributed by atoms with E-state index in [0.29, 0.717) is 11.3 Å². The summed E-state index contributed by atoms with van der Waals surface area (Å²) in [5, 5.41) is 10.8. The Morgan fingerprint density at radius 3 is 2.95 bits per heavy atom. The molecule has 0 unspecified atom stereocenters. The van der Waals surface area contributed by atoms with Crippen LogP contribution in [0.5, 0.6) is 0 Å². The van der Waals surface area contributed by atoms with Gasteiger partial charge in [-0.15, -0.1) is 0 Å². The largest absolute Gasteiger partial charge is 0.462 e. The summed E-state index contributed by atoms with van der Waals surface area (Å²) in [6.07, 6.45) is 2.61. The summed E-state index contributed by atoms with van der Waals surface area (Å²) in [4.78, 5) is 29.9. The second-order valence-corrected chi connectivity index (χ2v) is 3.81. The Balaban J connectivity index is 2.50. The van der Waals surface area contributed by atoms with Gasteiger partial charge in [-0.05, 0) is 6.92 Å². The number of nitro groups is 1. The molecule has 0 aliphatic carbocycles. The van der Waals surface area contributed by atoms with E-state index in [2.05, 4.69) is 9.97 Å². The minimum Gasteiger partial charge on any atom is -0.462 e. The van der Waals surface area contributed by atoms with Gasteiger partial charge in [0.15, 0.2) is 0 Å². The van der Waals surface area contributed by atoms with E-state index >= 15 is 0 Å². The predicted molar refractivity (Wildman–Crippen MR) is 70.1 cm³/mol. The highest BCUT2D eigenvalue weighted by Gasteiger charge is 2.17. The smallest absolute Gasteiger partial charge is 0.341 e. The summed E-state index contributed by atoms with van der Waals surface area (Å²) in [6, 6.07) is 5.89. The van der Waals surface area contributed by atoms with Crippen molar-refractivity contribution in [2.75, 3.05) is 6.61 Å². The van der Waals surface area contributed by atoms with Crippen molar-refractivity contribution in [2.24, 2.45) is 0 Å². The van der Waals surface area contributed by atoms with Crippen molar-refractivity contribution >= 4 is 11.7 Å². The lowest BCUT2D eigenvalue weighted by atomic mass is 10.1. The molecule has 0 saturated heterocycles. The third-order valence-electron chi connectivity index (χ3n) is 2.54. The van der Waals surface area contributed by atoms with E-state index < -0.39 is 10.9 Å². The molecule has 0 aliphatic rings. The summed E-state index contributed by atoms with van der Waals surface area (Å²) < 4.78 is 4.91. The summed E-state index contributed by atoms with van der Waals surface area (Å²) >= 11 is 0. The maximum atomic E-state index is 11.8. The van der Waals surface area contributed by atoms with Crippen LogP contribution in [0.3, 0.4) is 0 Å². The molecule has 0 bridgehead atoms. The van der Waals surface area contributed by atoms with E-state index in [-0.39, 0.29) is 17.9 Å². The quantitative estimate of drug-likeness (QED) is 0.481. The van der Waals surface area contributed by atoms with Crippen LogP contribution >= 0.6 is 0 Å². The fourth-order valence-corrected chi connectivity index (χ4v) is 1.68. The highest BCUT2D eigenvalue weighted by Crippen LogP contribution is 2.25. The molecule has 0 aliphatic heterocycles. The molecule has 1 aromatic heterocycles. The number of aromatic nitrogens is 2. The molecule has 7 nitrogen and oxygen atoms in total. The van der Waals surface area contributed by atoms with Gasteiger partial charge in [-0.3, -0.25) is 10.1 Å². The average molecular weight is 273 g/mol. The van der Waals surface area contributed by atoms with Gasteiger partial charge >= 0.3 is 5.97 Å². The Hall–Kier alpha value is -2.83. The van der Waals surface area contributed by atoms with Crippen molar-refractivity contribution in [3.63, 3.8) is 0 Å². The van der Waals surface area contributed by atoms with Gasteiger partial charge in [0.25, 0.3) is 5.69 Å². The molecule has 20 heavy (non-hydrogen) atoms. The van der Waals surface area contributed by atoms with Crippen LogP contribution in [0.2, 0.25) is 0 Å². The number of rotatable bonds is 4. The maximum Gasteiger partial charge on any atom is 0.341 e.